The number of hydrogen-bond donors (Lipinski definition) is 1. The van der Waals surface area contributed by atoms with Crippen LogP contribution in [0.25, 0.3) is 0 Å². The summed E-state index contributed by atoms with van der Waals surface area (Å²) in [6, 6.07) is 0. The Morgan fingerprint density at radius 3 is 3.00 bits per heavy atom. The molecule has 6 heavy (non-hydrogen) atoms. The van der Waals surface area contributed by atoms with Crippen LogP contribution in [0, 0.1) is 5.41 Å². The van der Waals surface area contributed by atoms with Gasteiger partial charge in [0.05, 0.1) is 0 Å². The summed E-state index contributed by atoms with van der Waals surface area (Å²) in [5.74, 6) is 1.16. The van der Waals surface area contributed by atoms with Gasteiger partial charge < -0.3 is 5.32 Å². The van der Waals surface area contributed by atoms with Crippen molar-refractivity contribution in [2.45, 2.75) is 0 Å². The molecule has 1 radical (unpaired) electrons. The summed E-state index contributed by atoms with van der Waals surface area (Å²) in [5, 5.41) is 5.99. The lowest BCUT2D eigenvalue weighted by Crippen LogP contribution is -2.11. The second kappa shape index (κ2) is 2.13. The van der Waals surface area contributed by atoms with Crippen LogP contribution in [-0.2, 0) is 0 Å². The van der Waals surface area contributed by atoms with Crippen molar-refractivity contribution in [3.05, 3.63) is 11.6 Å². The van der Waals surface area contributed by atoms with Gasteiger partial charge in [-0.25, -0.2) is 0 Å². The lowest BCUT2D eigenvalue weighted by atomic mass is 10.7. The van der Waals surface area contributed by atoms with Crippen LogP contribution in [0.1, 0.15) is 0 Å². The molecule has 0 fully saturated rings. The fourth-order valence-electron chi connectivity index (χ4n) is 0.324. The van der Waals surface area contributed by atoms with E-state index in [4.69, 9.17) is 0 Å². The lowest BCUT2D eigenvalue weighted by Gasteiger charge is -2.00. The van der Waals surface area contributed by atoms with Gasteiger partial charge in [-0.05, 0) is 0 Å². The van der Waals surface area contributed by atoms with Crippen LogP contribution in [0.2, 0.25) is 0 Å². The molecule has 0 bridgehead atoms. The minimum Gasteiger partial charge on any atom is -0.389 e. The molecule has 1 aliphatic rings. The highest BCUT2D eigenvalue weighted by atomic mass is 32.2. The van der Waals surface area contributed by atoms with Gasteiger partial charge in [0.2, 0.25) is 0 Å². The highest BCUT2D eigenvalue weighted by Gasteiger charge is 1.86. The topological polar surface area (TPSA) is 12.0 Å². The Morgan fingerprint density at radius 1 is 1.83 bits per heavy atom. The third kappa shape index (κ3) is 0.937. The first-order valence-electron chi connectivity index (χ1n) is 1.92. The quantitative estimate of drug-likeness (QED) is 0.478. The Hall–Kier alpha value is -0.110. The zero-order chi connectivity index (χ0) is 4.24. The van der Waals surface area contributed by atoms with E-state index in [0.29, 0.717) is 0 Å². The summed E-state index contributed by atoms with van der Waals surface area (Å²) < 4.78 is 0. The molecule has 1 N–H and O–H groups in total. The standard InChI is InChI=1S/C4H6NS/c1-3-6-4-2-5-1/h1,5H,2,4H2. The van der Waals surface area contributed by atoms with E-state index in [9.17, 15) is 0 Å². The van der Waals surface area contributed by atoms with E-state index in [-0.39, 0.29) is 0 Å². The molecule has 0 saturated carbocycles. The average Bonchev–Trinajstić information content (AvgIpc) is 1.72. The molecule has 1 nitrogen and oxygen atoms in total. The molecule has 0 unspecified atom stereocenters. The fraction of sp³-hybridized carbons (Fsp3) is 0.500. The van der Waals surface area contributed by atoms with Crippen LogP contribution in [0.3, 0.4) is 0 Å². The monoisotopic (exact) mass is 100 g/mol. The summed E-state index contributed by atoms with van der Waals surface area (Å²) in [6.45, 7) is 1.09. The van der Waals surface area contributed by atoms with Crippen molar-refractivity contribution in [3.8, 4) is 0 Å². The number of nitrogens with one attached hydrogen (secondary N) is 1. The number of rotatable bonds is 0. The van der Waals surface area contributed by atoms with Crippen LogP contribution in [0.15, 0.2) is 6.20 Å². The molecule has 0 amide bonds. The number of hydrogen-bond acceptors (Lipinski definition) is 2. The smallest absolute Gasteiger partial charge is 0.0380 e. The highest BCUT2D eigenvalue weighted by molar-refractivity contribution is 8.00. The zero-order valence-corrected chi connectivity index (χ0v) is 4.22. The maximum atomic E-state index is 3.03. The van der Waals surface area contributed by atoms with Crippen molar-refractivity contribution in [3.63, 3.8) is 0 Å². The van der Waals surface area contributed by atoms with E-state index < -0.39 is 0 Å². The molecular weight excluding hydrogens is 94.1 g/mol. The summed E-state index contributed by atoms with van der Waals surface area (Å²) >= 11 is 1.73. The number of thioether (sulfide) groups is 1. The third-order valence-electron chi connectivity index (χ3n) is 0.593. The summed E-state index contributed by atoms with van der Waals surface area (Å²) in [7, 11) is 0. The SMILES string of the molecule is [C]1=CNCCS1. The van der Waals surface area contributed by atoms with Crippen molar-refractivity contribution in [2.24, 2.45) is 0 Å². The molecule has 0 aliphatic carbocycles. The van der Waals surface area contributed by atoms with Gasteiger partial charge in [0, 0.05) is 23.9 Å². The molecule has 1 aliphatic heterocycles. The van der Waals surface area contributed by atoms with Crippen LogP contribution in [0.5, 0.6) is 0 Å². The maximum Gasteiger partial charge on any atom is 0.0380 e. The lowest BCUT2D eigenvalue weighted by molar-refractivity contribution is 0.921. The molecule has 1 rings (SSSR count). The van der Waals surface area contributed by atoms with Crippen molar-refractivity contribution in [1.29, 1.82) is 0 Å². The van der Waals surface area contributed by atoms with Gasteiger partial charge in [0.15, 0.2) is 0 Å². The van der Waals surface area contributed by atoms with Crippen molar-refractivity contribution < 1.29 is 0 Å². The van der Waals surface area contributed by atoms with Crippen LogP contribution >= 0.6 is 11.8 Å². The minimum atomic E-state index is 1.09. The van der Waals surface area contributed by atoms with Crippen molar-refractivity contribution in [1.82, 2.24) is 5.32 Å². The Kier molecular flexibility index (Phi) is 1.44. The molecule has 0 aromatic rings. The Balaban J connectivity index is 2.26. The molecule has 0 saturated heterocycles. The van der Waals surface area contributed by atoms with E-state index in [1.54, 1.807) is 11.8 Å². The second-order valence-corrected chi connectivity index (χ2v) is 2.00. The molecule has 0 aromatic heterocycles. The Bertz CT molecular complexity index is 52.6. The fourth-order valence-corrected chi connectivity index (χ4v) is 0.829. The second-order valence-electron chi connectivity index (χ2n) is 1.06. The van der Waals surface area contributed by atoms with Gasteiger partial charge >= 0.3 is 0 Å². The molecule has 1 heterocycles. The van der Waals surface area contributed by atoms with Gasteiger partial charge in [0.1, 0.15) is 0 Å². The van der Waals surface area contributed by atoms with Gasteiger partial charge in [-0.15, -0.1) is 11.8 Å². The molecule has 0 spiro atoms. The van der Waals surface area contributed by atoms with Gasteiger partial charge in [0.25, 0.3) is 0 Å². The molecular formula is C4H6NS. The van der Waals surface area contributed by atoms with Crippen LogP contribution in [-0.4, -0.2) is 12.3 Å². The first kappa shape index (κ1) is 4.06. The Morgan fingerprint density at radius 2 is 2.83 bits per heavy atom. The van der Waals surface area contributed by atoms with E-state index in [1.165, 1.54) is 0 Å². The van der Waals surface area contributed by atoms with Crippen molar-refractivity contribution >= 4 is 11.8 Å². The van der Waals surface area contributed by atoms with E-state index in [0.717, 1.165) is 12.3 Å². The summed E-state index contributed by atoms with van der Waals surface area (Å²) in [4.78, 5) is 0. The van der Waals surface area contributed by atoms with Gasteiger partial charge in [-0.1, -0.05) is 0 Å². The van der Waals surface area contributed by atoms with E-state index in [2.05, 4.69) is 10.7 Å². The van der Waals surface area contributed by atoms with E-state index >= 15 is 0 Å². The maximum absolute atomic E-state index is 3.03. The van der Waals surface area contributed by atoms with E-state index in [1.807, 2.05) is 6.20 Å². The first-order chi connectivity index (χ1) is 3.00. The predicted molar refractivity (Wildman–Crippen MR) is 28.3 cm³/mol. The molecule has 0 atom stereocenters. The molecule has 0 aromatic carbocycles. The highest BCUT2D eigenvalue weighted by Crippen LogP contribution is 2.00. The van der Waals surface area contributed by atoms with Crippen LogP contribution in [0.4, 0.5) is 0 Å². The van der Waals surface area contributed by atoms with Gasteiger partial charge in [-0.3, -0.25) is 0 Å². The van der Waals surface area contributed by atoms with Crippen LogP contribution < -0.4 is 5.32 Å². The normalized spacial score (nSPS) is 20.0. The predicted octanol–water partition coefficient (Wildman–Crippen LogP) is 0.597. The van der Waals surface area contributed by atoms with Gasteiger partial charge in [-0.2, -0.15) is 0 Å². The Labute approximate surface area is 41.8 Å². The van der Waals surface area contributed by atoms with Crippen molar-refractivity contribution in [2.75, 3.05) is 12.3 Å². The summed E-state index contributed by atoms with van der Waals surface area (Å²) in [6.07, 6.45) is 1.86. The largest absolute Gasteiger partial charge is 0.389 e. The zero-order valence-electron chi connectivity index (χ0n) is 3.40. The minimum absolute atomic E-state index is 1.09. The summed E-state index contributed by atoms with van der Waals surface area (Å²) in [5.41, 5.74) is 0. The third-order valence-corrected chi connectivity index (χ3v) is 1.29. The first-order valence-corrected chi connectivity index (χ1v) is 2.91. The molecule has 33 valence electrons. The average molecular weight is 100 g/mol. The molecule has 2 heteroatoms.